The zero-order chi connectivity index (χ0) is 15.1. The van der Waals surface area contributed by atoms with Gasteiger partial charge in [0.1, 0.15) is 0 Å². The number of carbonyl (C=O) groups is 2. The van der Waals surface area contributed by atoms with Gasteiger partial charge < -0.3 is 10.2 Å². The average molecular weight is 282 g/mol. The van der Waals surface area contributed by atoms with Crippen molar-refractivity contribution in [1.82, 2.24) is 10.2 Å². The van der Waals surface area contributed by atoms with Crippen molar-refractivity contribution in [1.29, 1.82) is 0 Å². The van der Waals surface area contributed by atoms with E-state index in [1.807, 2.05) is 18.7 Å². The fourth-order valence-electron chi connectivity index (χ4n) is 2.72. The van der Waals surface area contributed by atoms with Crippen LogP contribution in [-0.4, -0.2) is 36.3 Å². The predicted octanol–water partition coefficient (Wildman–Crippen LogP) is 2.43. The second-order valence-electron chi connectivity index (χ2n) is 6.21. The first-order valence-electron chi connectivity index (χ1n) is 8.06. The second-order valence-corrected chi connectivity index (χ2v) is 6.21. The van der Waals surface area contributed by atoms with Gasteiger partial charge in [0.15, 0.2) is 0 Å². The molecule has 1 atom stereocenters. The smallest absolute Gasteiger partial charge is 0.225 e. The first-order chi connectivity index (χ1) is 9.49. The van der Waals surface area contributed by atoms with Gasteiger partial charge in [-0.1, -0.05) is 40.5 Å². The monoisotopic (exact) mass is 282 g/mol. The van der Waals surface area contributed by atoms with E-state index in [1.165, 1.54) is 0 Å². The molecule has 20 heavy (non-hydrogen) atoms. The Bertz CT molecular complexity index is 324. The highest BCUT2D eigenvalue weighted by molar-refractivity contribution is 5.82. The molecular formula is C16H30N2O2. The van der Waals surface area contributed by atoms with Crippen LogP contribution in [0.3, 0.4) is 0 Å². The van der Waals surface area contributed by atoms with Crippen molar-refractivity contribution in [2.45, 2.75) is 53.4 Å². The van der Waals surface area contributed by atoms with E-state index in [4.69, 9.17) is 0 Å². The van der Waals surface area contributed by atoms with Gasteiger partial charge in [0, 0.05) is 25.6 Å². The number of rotatable bonds is 6. The fraction of sp³-hybridized carbons (Fsp3) is 0.875. The van der Waals surface area contributed by atoms with Crippen LogP contribution in [0.15, 0.2) is 0 Å². The van der Waals surface area contributed by atoms with Crippen LogP contribution in [0.25, 0.3) is 0 Å². The van der Waals surface area contributed by atoms with Crippen molar-refractivity contribution in [2.75, 3.05) is 19.6 Å². The largest absolute Gasteiger partial charge is 0.356 e. The molecule has 0 bridgehead atoms. The lowest BCUT2D eigenvalue weighted by Gasteiger charge is -2.33. The summed E-state index contributed by atoms with van der Waals surface area (Å²) in [5.41, 5.74) is 0. The third-order valence-corrected chi connectivity index (χ3v) is 4.32. The molecule has 1 unspecified atom stereocenters. The molecule has 0 aliphatic carbocycles. The average Bonchev–Trinajstić information content (AvgIpc) is 2.47. The van der Waals surface area contributed by atoms with Gasteiger partial charge in [-0.05, 0) is 18.8 Å². The second kappa shape index (κ2) is 8.28. The van der Waals surface area contributed by atoms with Crippen molar-refractivity contribution >= 4 is 11.8 Å². The molecule has 0 spiro atoms. The molecule has 0 aromatic heterocycles. The van der Waals surface area contributed by atoms with E-state index in [0.717, 1.165) is 38.8 Å². The maximum absolute atomic E-state index is 12.2. The lowest BCUT2D eigenvalue weighted by molar-refractivity contribution is -0.138. The first-order valence-corrected chi connectivity index (χ1v) is 8.06. The molecule has 1 aliphatic heterocycles. The number of hydrogen-bond acceptors (Lipinski definition) is 2. The molecule has 1 rings (SSSR count). The topological polar surface area (TPSA) is 49.4 Å². The van der Waals surface area contributed by atoms with E-state index in [1.54, 1.807) is 0 Å². The normalized spacial score (nSPS) is 19.5. The minimum Gasteiger partial charge on any atom is -0.356 e. The SMILES string of the molecule is CCC(CC)CNC(=O)C1CCCN(C(=O)C(C)C)C1. The number of likely N-dealkylation sites (tertiary alicyclic amines) is 1. The van der Waals surface area contributed by atoms with E-state index in [-0.39, 0.29) is 23.7 Å². The Kier molecular flexibility index (Phi) is 7.03. The van der Waals surface area contributed by atoms with Crippen LogP contribution in [-0.2, 0) is 9.59 Å². The highest BCUT2D eigenvalue weighted by atomic mass is 16.2. The minimum atomic E-state index is -0.0270. The molecule has 0 radical (unpaired) electrons. The van der Waals surface area contributed by atoms with Crippen LogP contribution in [0.5, 0.6) is 0 Å². The molecule has 0 aromatic rings. The molecule has 4 heteroatoms. The summed E-state index contributed by atoms with van der Waals surface area (Å²) in [5.74, 6) is 0.846. The predicted molar refractivity (Wildman–Crippen MR) is 81.2 cm³/mol. The zero-order valence-corrected chi connectivity index (χ0v) is 13.4. The summed E-state index contributed by atoms with van der Waals surface area (Å²) in [6.45, 7) is 10.3. The first kappa shape index (κ1) is 17.0. The third-order valence-electron chi connectivity index (χ3n) is 4.32. The summed E-state index contributed by atoms with van der Waals surface area (Å²) >= 11 is 0. The van der Waals surface area contributed by atoms with Crippen molar-refractivity contribution in [3.05, 3.63) is 0 Å². The molecule has 2 amide bonds. The summed E-state index contributed by atoms with van der Waals surface area (Å²) in [5, 5.41) is 3.07. The number of hydrogen-bond donors (Lipinski definition) is 1. The number of nitrogens with one attached hydrogen (secondary N) is 1. The highest BCUT2D eigenvalue weighted by Crippen LogP contribution is 2.18. The Hall–Kier alpha value is -1.06. The molecule has 1 aliphatic rings. The van der Waals surface area contributed by atoms with E-state index < -0.39 is 0 Å². The van der Waals surface area contributed by atoms with E-state index >= 15 is 0 Å². The van der Waals surface area contributed by atoms with Crippen LogP contribution in [0.4, 0.5) is 0 Å². The van der Waals surface area contributed by atoms with Gasteiger partial charge >= 0.3 is 0 Å². The molecule has 1 heterocycles. The van der Waals surface area contributed by atoms with E-state index in [9.17, 15) is 9.59 Å². The van der Waals surface area contributed by atoms with Gasteiger partial charge in [-0.15, -0.1) is 0 Å². The van der Waals surface area contributed by atoms with Crippen LogP contribution in [0.2, 0.25) is 0 Å². The molecule has 0 saturated carbocycles. The summed E-state index contributed by atoms with van der Waals surface area (Å²) in [4.78, 5) is 26.1. The third kappa shape index (κ3) is 4.80. The van der Waals surface area contributed by atoms with E-state index in [2.05, 4.69) is 19.2 Å². The highest BCUT2D eigenvalue weighted by Gasteiger charge is 2.29. The number of carbonyl (C=O) groups excluding carboxylic acids is 2. The van der Waals surface area contributed by atoms with Gasteiger partial charge in [0.05, 0.1) is 5.92 Å². The van der Waals surface area contributed by atoms with Gasteiger partial charge in [-0.2, -0.15) is 0 Å². The van der Waals surface area contributed by atoms with Crippen LogP contribution in [0, 0.1) is 17.8 Å². The summed E-state index contributed by atoms with van der Waals surface area (Å²) in [7, 11) is 0. The standard InChI is InChI=1S/C16H30N2O2/c1-5-13(6-2)10-17-15(19)14-8-7-9-18(11-14)16(20)12(3)4/h12-14H,5-11H2,1-4H3,(H,17,19). The Balaban J connectivity index is 2.46. The van der Waals surface area contributed by atoms with Crippen molar-refractivity contribution in [2.24, 2.45) is 17.8 Å². The molecular weight excluding hydrogens is 252 g/mol. The molecule has 0 aromatic carbocycles. The van der Waals surface area contributed by atoms with Gasteiger partial charge in [-0.3, -0.25) is 9.59 Å². The Labute approximate surface area is 123 Å². The maximum Gasteiger partial charge on any atom is 0.225 e. The van der Waals surface area contributed by atoms with Crippen molar-refractivity contribution < 1.29 is 9.59 Å². The summed E-state index contributed by atoms with van der Waals surface area (Å²) in [6, 6.07) is 0. The van der Waals surface area contributed by atoms with E-state index in [0.29, 0.717) is 12.5 Å². The van der Waals surface area contributed by atoms with Crippen molar-refractivity contribution in [3.63, 3.8) is 0 Å². The molecule has 1 fully saturated rings. The quantitative estimate of drug-likeness (QED) is 0.813. The van der Waals surface area contributed by atoms with Gasteiger partial charge in [-0.25, -0.2) is 0 Å². The van der Waals surface area contributed by atoms with Crippen LogP contribution >= 0.6 is 0 Å². The Morgan fingerprint density at radius 1 is 1.25 bits per heavy atom. The zero-order valence-electron chi connectivity index (χ0n) is 13.4. The Morgan fingerprint density at radius 2 is 1.90 bits per heavy atom. The maximum atomic E-state index is 12.2. The van der Waals surface area contributed by atoms with Crippen LogP contribution in [0.1, 0.15) is 53.4 Å². The summed E-state index contributed by atoms with van der Waals surface area (Å²) in [6.07, 6.45) is 4.02. The Morgan fingerprint density at radius 3 is 2.45 bits per heavy atom. The van der Waals surface area contributed by atoms with Gasteiger partial charge in [0.2, 0.25) is 11.8 Å². The lowest BCUT2D eigenvalue weighted by atomic mass is 9.95. The lowest BCUT2D eigenvalue weighted by Crippen LogP contribution is -2.47. The number of amides is 2. The van der Waals surface area contributed by atoms with Crippen molar-refractivity contribution in [3.8, 4) is 0 Å². The van der Waals surface area contributed by atoms with Gasteiger partial charge in [0.25, 0.3) is 0 Å². The number of piperidine rings is 1. The molecule has 4 nitrogen and oxygen atoms in total. The number of nitrogens with zero attached hydrogens (tertiary/aromatic N) is 1. The minimum absolute atomic E-state index is 0.0152. The molecule has 116 valence electrons. The molecule has 1 N–H and O–H groups in total. The fourth-order valence-corrected chi connectivity index (χ4v) is 2.72. The summed E-state index contributed by atoms with van der Waals surface area (Å²) < 4.78 is 0. The van der Waals surface area contributed by atoms with Crippen LogP contribution < -0.4 is 5.32 Å². The molecule has 1 saturated heterocycles.